The topological polar surface area (TPSA) is 48.0 Å². The molecular formula is C26H27NO4S2. The zero-order valence-electron chi connectivity index (χ0n) is 19.0. The molecule has 0 fully saturated rings. The van der Waals surface area contributed by atoms with Crippen LogP contribution in [0.15, 0.2) is 64.2 Å². The fourth-order valence-corrected chi connectivity index (χ4v) is 5.64. The maximum Gasteiger partial charge on any atom is 0.255 e. The summed E-state index contributed by atoms with van der Waals surface area (Å²) >= 11 is 3.40. The lowest BCUT2D eigenvalue weighted by Crippen LogP contribution is -2.35. The number of thiophene rings is 1. The van der Waals surface area contributed by atoms with Crippen molar-refractivity contribution in [2.45, 2.75) is 17.1 Å². The number of ether oxygens (including phenoxy) is 3. The lowest BCUT2D eigenvalue weighted by Gasteiger charge is -2.28. The number of carbonyl (C=O) groups is 1. The van der Waals surface area contributed by atoms with E-state index in [-0.39, 0.29) is 5.91 Å². The number of hydrogen-bond donors (Lipinski definition) is 0. The Kier molecular flexibility index (Phi) is 7.62. The second-order valence-corrected chi connectivity index (χ2v) is 9.35. The Hall–Kier alpha value is -2.90. The molecule has 0 bridgehead atoms. The minimum atomic E-state index is 0.0624. The molecule has 0 saturated heterocycles. The van der Waals surface area contributed by atoms with E-state index < -0.39 is 0 Å². The Bertz CT molecular complexity index is 1120. The standard InChI is InChI=1S/C26H27NO4S2/c1-29-20-14-22(30-2)25(23(15-20)31-3)19-8-11-27(12-9-19)26(28)21-6-4-5-7-24(21)33-17-18-10-13-32-16-18/h4-8,10,13-16H,9,11-12,17H2,1-3H3. The van der Waals surface area contributed by atoms with Crippen molar-refractivity contribution in [2.75, 3.05) is 34.4 Å². The first-order chi connectivity index (χ1) is 16.1. The minimum absolute atomic E-state index is 0.0624. The fraction of sp³-hybridized carbons (Fsp3) is 0.269. The SMILES string of the molecule is COc1cc(OC)c(C2=CCN(C(=O)c3ccccc3SCc3ccsc3)CC2)c(OC)c1. The van der Waals surface area contributed by atoms with Crippen molar-refractivity contribution in [3.63, 3.8) is 0 Å². The predicted molar refractivity (Wildman–Crippen MR) is 135 cm³/mol. The van der Waals surface area contributed by atoms with Crippen LogP contribution in [0.1, 0.15) is 27.9 Å². The molecule has 33 heavy (non-hydrogen) atoms. The molecular weight excluding hydrogens is 454 g/mol. The van der Waals surface area contributed by atoms with Gasteiger partial charge in [0.1, 0.15) is 17.2 Å². The van der Waals surface area contributed by atoms with Gasteiger partial charge in [-0.15, -0.1) is 11.8 Å². The molecule has 0 saturated carbocycles. The number of methoxy groups -OCH3 is 3. The lowest BCUT2D eigenvalue weighted by atomic mass is 9.96. The van der Waals surface area contributed by atoms with Gasteiger partial charge < -0.3 is 19.1 Å². The van der Waals surface area contributed by atoms with Gasteiger partial charge in [-0.25, -0.2) is 0 Å². The van der Waals surface area contributed by atoms with Gasteiger partial charge >= 0.3 is 0 Å². The summed E-state index contributed by atoms with van der Waals surface area (Å²) in [5, 5.41) is 4.23. The molecule has 0 N–H and O–H groups in total. The van der Waals surface area contributed by atoms with Crippen LogP contribution in [0.25, 0.3) is 5.57 Å². The maximum atomic E-state index is 13.4. The highest BCUT2D eigenvalue weighted by molar-refractivity contribution is 7.98. The third kappa shape index (κ3) is 5.20. The first-order valence-corrected chi connectivity index (χ1v) is 12.6. The van der Waals surface area contributed by atoms with Gasteiger partial charge in [0.05, 0.1) is 32.5 Å². The molecule has 4 rings (SSSR count). The van der Waals surface area contributed by atoms with Gasteiger partial charge in [-0.3, -0.25) is 4.79 Å². The highest BCUT2D eigenvalue weighted by Gasteiger charge is 2.25. The Balaban J connectivity index is 1.53. The zero-order valence-corrected chi connectivity index (χ0v) is 20.6. The molecule has 0 radical (unpaired) electrons. The molecule has 172 valence electrons. The van der Waals surface area contributed by atoms with Crippen molar-refractivity contribution >= 4 is 34.6 Å². The summed E-state index contributed by atoms with van der Waals surface area (Å²) in [5.74, 6) is 3.00. The lowest BCUT2D eigenvalue weighted by molar-refractivity contribution is 0.0769. The number of benzene rings is 2. The molecule has 1 aliphatic rings. The molecule has 0 spiro atoms. The monoisotopic (exact) mass is 481 g/mol. The van der Waals surface area contributed by atoms with E-state index in [9.17, 15) is 4.79 Å². The van der Waals surface area contributed by atoms with Crippen LogP contribution in [0, 0.1) is 0 Å². The average Bonchev–Trinajstić information content (AvgIpc) is 3.40. The summed E-state index contributed by atoms with van der Waals surface area (Å²) in [7, 11) is 4.90. The molecule has 2 heterocycles. The van der Waals surface area contributed by atoms with Gasteiger partial charge in [-0.1, -0.05) is 18.2 Å². The number of thioether (sulfide) groups is 1. The molecule has 5 nitrogen and oxygen atoms in total. The van der Waals surface area contributed by atoms with E-state index in [1.807, 2.05) is 41.3 Å². The molecule has 0 unspecified atom stereocenters. The highest BCUT2D eigenvalue weighted by Crippen LogP contribution is 2.41. The minimum Gasteiger partial charge on any atom is -0.496 e. The molecule has 3 aromatic rings. The van der Waals surface area contributed by atoms with Crippen LogP contribution in [-0.2, 0) is 5.75 Å². The van der Waals surface area contributed by atoms with Crippen molar-refractivity contribution < 1.29 is 19.0 Å². The number of hydrogen-bond acceptors (Lipinski definition) is 6. The molecule has 1 aromatic heterocycles. The molecule has 7 heteroatoms. The quantitative estimate of drug-likeness (QED) is 0.370. The van der Waals surface area contributed by atoms with E-state index in [1.165, 1.54) is 5.56 Å². The van der Waals surface area contributed by atoms with Gasteiger partial charge in [0.25, 0.3) is 5.91 Å². The second kappa shape index (κ2) is 10.8. The number of rotatable bonds is 8. The molecule has 2 aromatic carbocycles. The van der Waals surface area contributed by atoms with E-state index in [0.717, 1.165) is 33.8 Å². The van der Waals surface area contributed by atoms with E-state index in [4.69, 9.17) is 14.2 Å². The van der Waals surface area contributed by atoms with Gasteiger partial charge in [-0.05, 0) is 46.5 Å². The van der Waals surface area contributed by atoms with Gasteiger partial charge in [0, 0.05) is 35.9 Å². The van der Waals surface area contributed by atoms with Crippen molar-refractivity contribution in [3.8, 4) is 17.2 Å². The largest absolute Gasteiger partial charge is 0.496 e. The van der Waals surface area contributed by atoms with E-state index >= 15 is 0 Å². The third-order valence-electron chi connectivity index (χ3n) is 5.62. The van der Waals surface area contributed by atoms with Gasteiger partial charge in [-0.2, -0.15) is 11.3 Å². The Morgan fingerprint density at radius 1 is 1.06 bits per heavy atom. The maximum absolute atomic E-state index is 13.4. The summed E-state index contributed by atoms with van der Waals surface area (Å²) < 4.78 is 16.6. The van der Waals surface area contributed by atoms with Crippen LogP contribution in [0.2, 0.25) is 0 Å². The highest BCUT2D eigenvalue weighted by atomic mass is 32.2. The third-order valence-corrected chi connectivity index (χ3v) is 7.50. The van der Waals surface area contributed by atoms with Crippen LogP contribution >= 0.6 is 23.1 Å². The smallest absolute Gasteiger partial charge is 0.255 e. The first-order valence-electron chi connectivity index (χ1n) is 10.7. The number of carbonyl (C=O) groups excluding carboxylic acids is 1. The molecule has 1 amide bonds. The normalized spacial score (nSPS) is 13.4. The van der Waals surface area contributed by atoms with E-state index in [1.54, 1.807) is 44.4 Å². The van der Waals surface area contributed by atoms with Crippen LogP contribution in [0.5, 0.6) is 17.2 Å². The van der Waals surface area contributed by atoms with Crippen LogP contribution in [0.3, 0.4) is 0 Å². The fourth-order valence-electron chi connectivity index (χ4n) is 3.88. The molecule has 0 aliphatic carbocycles. The van der Waals surface area contributed by atoms with Crippen LogP contribution in [0.4, 0.5) is 0 Å². The summed E-state index contributed by atoms with van der Waals surface area (Å²) in [5.41, 5.74) is 4.06. The Morgan fingerprint density at radius 2 is 1.82 bits per heavy atom. The first kappa shape index (κ1) is 23.3. The number of amides is 1. The summed E-state index contributed by atoms with van der Waals surface area (Å²) in [6.07, 6.45) is 2.81. The summed E-state index contributed by atoms with van der Waals surface area (Å²) in [6.45, 7) is 1.17. The Labute approximate surface area is 203 Å². The van der Waals surface area contributed by atoms with Crippen molar-refractivity contribution in [3.05, 3.63) is 76.0 Å². The number of nitrogens with zero attached hydrogens (tertiary/aromatic N) is 1. The van der Waals surface area contributed by atoms with Crippen molar-refractivity contribution in [1.29, 1.82) is 0 Å². The van der Waals surface area contributed by atoms with Gasteiger partial charge in [0.15, 0.2) is 0 Å². The van der Waals surface area contributed by atoms with Crippen molar-refractivity contribution in [1.82, 2.24) is 4.90 Å². The molecule has 0 atom stereocenters. The average molecular weight is 482 g/mol. The second-order valence-electron chi connectivity index (χ2n) is 7.55. The van der Waals surface area contributed by atoms with Crippen LogP contribution in [-0.4, -0.2) is 45.2 Å². The zero-order chi connectivity index (χ0) is 23.2. The summed E-state index contributed by atoms with van der Waals surface area (Å²) in [6, 6.07) is 13.7. The van der Waals surface area contributed by atoms with Crippen molar-refractivity contribution in [2.24, 2.45) is 0 Å². The van der Waals surface area contributed by atoms with E-state index in [0.29, 0.717) is 30.3 Å². The van der Waals surface area contributed by atoms with Crippen LogP contribution < -0.4 is 14.2 Å². The van der Waals surface area contributed by atoms with E-state index in [2.05, 4.69) is 22.9 Å². The van der Waals surface area contributed by atoms with Gasteiger partial charge in [0.2, 0.25) is 0 Å². The Morgan fingerprint density at radius 3 is 2.42 bits per heavy atom. The summed E-state index contributed by atoms with van der Waals surface area (Å²) in [4.78, 5) is 16.3. The predicted octanol–water partition coefficient (Wildman–Crippen LogP) is 6.00. The molecule has 1 aliphatic heterocycles.